The van der Waals surface area contributed by atoms with Crippen LogP contribution in [-0.4, -0.2) is 28.3 Å². The largest absolute Gasteiger partial charge is 0.494 e. The lowest BCUT2D eigenvalue weighted by atomic mass is 9.96. The van der Waals surface area contributed by atoms with Crippen molar-refractivity contribution in [2.24, 2.45) is 5.92 Å². The molecular weight excluding hydrogens is 350 g/mol. The smallest absolute Gasteiger partial charge is 0.266 e. The van der Waals surface area contributed by atoms with Crippen molar-refractivity contribution in [3.63, 3.8) is 0 Å². The van der Waals surface area contributed by atoms with Crippen molar-refractivity contribution in [1.29, 1.82) is 0 Å². The van der Waals surface area contributed by atoms with Crippen LogP contribution in [0.2, 0.25) is 0 Å². The van der Waals surface area contributed by atoms with Gasteiger partial charge in [-0.1, -0.05) is 51.7 Å². The van der Waals surface area contributed by atoms with E-state index in [1.807, 2.05) is 19.9 Å². The number of ether oxygens (including phenoxy) is 1. The van der Waals surface area contributed by atoms with Gasteiger partial charge in [0.15, 0.2) is 0 Å². The van der Waals surface area contributed by atoms with Gasteiger partial charge in [-0.15, -0.1) is 0 Å². The van der Waals surface area contributed by atoms with Crippen molar-refractivity contribution in [2.75, 3.05) is 13.2 Å². The first-order valence-electron chi connectivity index (χ1n) is 8.77. The molecule has 0 saturated carbocycles. The van der Waals surface area contributed by atoms with E-state index in [0.717, 1.165) is 22.4 Å². The third-order valence-electron chi connectivity index (χ3n) is 4.03. The van der Waals surface area contributed by atoms with Gasteiger partial charge in [-0.3, -0.25) is 9.69 Å². The van der Waals surface area contributed by atoms with Crippen molar-refractivity contribution in [2.45, 2.75) is 47.5 Å². The van der Waals surface area contributed by atoms with E-state index in [1.165, 1.54) is 11.8 Å². The number of carbonyl (C=O) groups excluding carboxylic acids is 1. The van der Waals surface area contributed by atoms with E-state index >= 15 is 0 Å². The van der Waals surface area contributed by atoms with Gasteiger partial charge in [-0.25, -0.2) is 0 Å². The number of thiocarbonyl (C=S) groups is 1. The summed E-state index contributed by atoms with van der Waals surface area (Å²) >= 11 is 6.79. The maximum atomic E-state index is 12.7. The van der Waals surface area contributed by atoms with Gasteiger partial charge < -0.3 is 4.74 Å². The van der Waals surface area contributed by atoms with Crippen LogP contribution in [0.25, 0.3) is 6.08 Å². The summed E-state index contributed by atoms with van der Waals surface area (Å²) in [7, 11) is 0. The van der Waals surface area contributed by atoms with Gasteiger partial charge in [-0.05, 0) is 60.6 Å². The summed E-state index contributed by atoms with van der Waals surface area (Å²) in [6, 6.07) is 4.21. The molecule has 1 aliphatic rings. The molecule has 0 radical (unpaired) electrons. The summed E-state index contributed by atoms with van der Waals surface area (Å²) in [6.07, 6.45) is 1.97. The number of nitrogens with zero attached hydrogens (tertiary/aromatic N) is 1. The number of hydrogen-bond acceptors (Lipinski definition) is 4. The highest BCUT2D eigenvalue weighted by atomic mass is 32.2. The molecule has 1 aromatic carbocycles. The standard InChI is InChI=1S/C20H27NO2S2/c1-7-23-17-8-14(6)15(9-16(17)13(4)5)10-18-19(22)21(11-12(2)3)20(24)25-18/h8-10,12-13H,7,11H2,1-6H3/b18-10-. The van der Waals surface area contributed by atoms with Crippen LogP contribution in [0.4, 0.5) is 0 Å². The van der Waals surface area contributed by atoms with Crippen molar-refractivity contribution in [3.05, 3.63) is 33.7 Å². The Morgan fingerprint density at radius 2 is 1.96 bits per heavy atom. The molecule has 0 aromatic heterocycles. The first kappa shape index (κ1) is 20.0. The van der Waals surface area contributed by atoms with E-state index in [9.17, 15) is 4.79 Å². The molecule has 136 valence electrons. The van der Waals surface area contributed by atoms with E-state index in [1.54, 1.807) is 4.90 Å². The van der Waals surface area contributed by atoms with Gasteiger partial charge in [0.05, 0.1) is 11.5 Å². The van der Waals surface area contributed by atoms with Crippen molar-refractivity contribution in [3.8, 4) is 5.75 Å². The second-order valence-electron chi connectivity index (χ2n) is 7.02. The Balaban J connectivity index is 2.39. The summed E-state index contributed by atoms with van der Waals surface area (Å²) in [5.74, 6) is 1.69. The van der Waals surface area contributed by atoms with E-state index < -0.39 is 0 Å². The molecule has 0 aliphatic carbocycles. The second-order valence-corrected chi connectivity index (χ2v) is 8.70. The highest BCUT2D eigenvalue weighted by Crippen LogP contribution is 2.36. The quantitative estimate of drug-likeness (QED) is 0.492. The average molecular weight is 378 g/mol. The Kier molecular flexibility index (Phi) is 6.69. The van der Waals surface area contributed by atoms with Crippen molar-refractivity contribution < 1.29 is 9.53 Å². The lowest BCUT2D eigenvalue weighted by Crippen LogP contribution is -2.31. The lowest BCUT2D eigenvalue weighted by molar-refractivity contribution is -0.122. The molecule has 0 atom stereocenters. The predicted molar refractivity (Wildman–Crippen MR) is 111 cm³/mol. The van der Waals surface area contributed by atoms with Gasteiger partial charge in [-0.2, -0.15) is 0 Å². The summed E-state index contributed by atoms with van der Waals surface area (Å²) in [4.78, 5) is 15.1. The van der Waals surface area contributed by atoms with Crippen LogP contribution < -0.4 is 4.74 Å². The zero-order chi connectivity index (χ0) is 18.7. The number of aryl methyl sites for hydroxylation is 1. The van der Waals surface area contributed by atoms with Crippen molar-refractivity contribution in [1.82, 2.24) is 4.90 Å². The minimum absolute atomic E-state index is 0.0167. The van der Waals surface area contributed by atoms with Crippen LogP contribution in [-0.2, 0) is 4.79 Å². The summed E-state index contributed by atoms with van der Waals surface area (Å²) in [5.41, 5.74) is 3.32. The molecular formula is C20H27NO2S2. The molecule has 1 saturated heterocycles. The molecule has 1 heterocycles. The molecule has 25 heavy (non-hydrogen) atoms. The topological polar surface area (TPSA) is 29.5 Å². The Morgan fingerprint density at radius 3 is 2.52 bits per heavy atom. The number of benzene rings is 1. The van der Waals surface area contributed by atoms with E-state index in [-0.39, 0.29) is 5.91 Å². The van der Waals surface area contributed by atoms with Gasteiger partial charge in [0, 0.05) is 6.54 Å². The Hall–Kier alpha value is -1.33. The fourth-order valence-corrected chi connectivity index (χ4v) is 4.03. The number of carbonyl (C=O) groups is 1. The lowest BCUT2D eigenvalue weighted by Gasteiger charge is -2.17. The SMILES string of the molecule is CCOc1cc(C)c(/C=C2\SC(=S)N(CC(C)C)C2=O)cc1C(C)C. The summed E-state index contributed by atoms with van der Waals surface area (Å²) in [5, 5.41) is 0. The molecule has 2 rings (SSSR count). The highest BCUT2D eigenvalue weighted by molar-refractivity contribution is 8.26. The van der Waals surface area contributed by atoms with Crippen LogP contribution in [0.1, 0.15) is 57.2 Å². The monoisotopic (exact) mass is 377 g/mol. The molecule has 5 heteroatoms. The Labute approximate surface area is 160 Å². The average Bonchev–Trinajstić information content (AvgIpc) is 2.77. The van der Waals surface area contributed by atoms with Crippen LogP contribution in [0.15, 0.2) is 17.0 Å². The molecule has 0 N–H and O–H groups in total. The van der Waals surface area contributed by atoms with Gasteiger partial charge in [0.25, 0.3) is 5.91 Å². The van der Waals surface area contributed by atoms with E-state index in [2.05, 4.69) is 39.8 Å². The van der Waals surface area contributed by atoms with Crippen LogP contribution in [0, 0.1) is 12.8 Å². The normalized spacial score (nSPS) is 16.6. The fourth-order valence-electron chi connectivity index (χ4n) is 2.77. The van der Waals surface area contributed by atoms with Crippen LogP contribution >= 0.6 is 24.0 Å². The molecule has 1 aromatic rings. The molecule has 0 spiro atoms. The minimum Gasteiger partial charge on any atom is -0.494 e. The predicted octanol–water partition coefficient (Wildman–Crippen LogP) is 5.37. The second kappa shape index (κ2) is 8.37. The molecule has 0 unspecified atom stereocenters. The summed E-state index contributed by atoms with van der Waals surface area (Å²) in [6.45, 7) is 13.8. The van der Waals surface area contributed by atoms with Crippen LogP contribution in [0.3, 0.4) is 0 Å². The first-order valence-corrected chi connectivity index (χ1v) is 9.99. The highest BCUT2D eigenvalue weighted by Gasteiger charge is 2.32. The van der Waals surface area contributed by atoms with E-state index in [4.69, 9.17) is 17.0 Å². The number of thioether (sulfide) groups is 1. The molecule has 3 nitrogen and oxygen atoms in total. The van der Waals surface area contributed by atoms with Crippen LogP contribution in [0.5, 0.6) is 5.75 Å². The van der Waals surface area contributed by atoms with E-state index in [0.29, 0.717) is 34.2 Å². The maximum absolute atomic E-state index is 12.7. The Bertz CT molecular complexity index is 708. The third kappa shape index (κ3) is 4.64. The molecule has 1 amide bonds. The van der Waals surface area contributed by atoms with Gasteiger partial charge >= 0.3 is 0 Å². The number of rotatable bonds is 6. The van der Waals surface area contributed by atoms with Gasteiger partial charge in [0.1, 0.15) is 10.1 Å². The zero-order valence-corrected chi connectivity index (χ0v) is 17.5. The first-order chi connectivity index (χ1) is 11.7. The number of hydrogen-bond donors (Lipinski definition) is 0. The van der Waals surface area contributed by atoms with Gasteiger partial charge in [0.2, 0.25) is 0 Å². The molecule has 1 aliphatic heterocycles. The molecule has 0 bridgehead atoms. The maximum Gasteiger partial charge on any atom is 0.266 e. The van der Waals surface area contributed by atoms with Crippen molar-refractivity contribution >= 4 is 40.3 Å². The number of amides is 1. The molecule has 1 fully saturated rings. The third-order valence-corrected chi connectivity index (χ3v) is 5.41. The minimum atomic E-state index is 0.0167. The Morgan fingerprint density at radius 1 is 1.28 bits per heavy atom. The zero-order valence-electron chi connectivity index (χ0n) is 15.9. The summed E-state index contributed by atoms with van der Waals surface area (Å²) < 4.78 is 6.43. The fraction of sp³-hybridized carbons (Fsp3) is 0.500.